The van der Waals surface area contributed by atoms with Crippen LogP contribution in [0.3, 0.4) is 0 Å². The van der Waals surface area contributed by atoms with Crippen LogP contribution in [-0.2, 0) is 25.3 Å². The lowest BCUT2D eigenvalue weighted by molar-refractivity contribution is -0.115. The van der Waals surface area contributed by atoms with Gasteiger partial charge in [-0.1, -0.05) is 19.9 Å². The van der Waals surface area contributed by atoms with Gasteiger partial charge >= 0.3 is 5.69 Å². The smallest absolute Gasteiger partial charge is 0.328 e. The van der Waals surface area contributed by atoms with Crippen LogP contribution >= 0.6 is 11.8 Å². The first-order chi connectivity index (χ1) is 14.2. The molecule has 8 heteroatoms. The van der Waals surface area contributed by atoms with Gasteiger partial charge in [-0.15, -0.1) is 11.8 Å². The Bertz CT molecular complexity index is 1150. The van der Waals surface area contributed by atoms with Crippen LogP contribution in [0.4, 0.5) is 5.69 Å². The number of carbonyl (C=O) groups is 1. The van der Waals surface area contributed by atoms with Gasteiger partial charge in [0.05, 0.1) is 37.4 Å². The van der Waals surface area contributed by atoms with E-state index in [1.165, 1.54) is 0 Å². The Hall–Kier alpha value is -2.87. The third kappa shape index (κ3) is 4.33. The van der Waals surface area contributed by atoms with Crippen molar-refractivity contribution in [1.82, 2.24) is 9.13 Å². The molecule has 0 spiro atoms. The maximum absolute atomic E-state index is 12.8. The summed E-state index contributed by atoms with van der Waals surface area (Å²) in [4.78, 5) is 26.0. The number of aromatic nitrogens is 2. The van der Waals surface area contributed by atoms with Gasteiger partial charge in [0.2, 0.25) is 5.91 Å². The molecular formula is C22H27N3O4S. The minimum atomic E-state index is -0.145. The van der Waals surface area contributed by atoms with Crippen LogP contribution in [0.1, 0.15) is 19.4 Å². The summed E-state index contributed by atoms with van der Waals surface area (Å²) in [5.74, 6) is 1.06. The molecule has 0 fully saturated rings. The second-order valence-electron chi connectivity index (χ2n) is 7.32. The van der Waals surface area contributed by atoms with Crippen molar-refractivity contribution >= 4 is 34.4 Å². The number of imidazole rings is 1. The number of hydrogen-bond donors (Lipinski definition) is 1. The summed E-state index contributed by atoms with van der Waals surface area (Å²) in [5, 5.41) is 3.35. The molecule has 7 nitrogen and oxygen atoms in total. The van der Waals surface area contributed by atoms with E-state index in [2.05, 4.69) is 19.2 Å². The van der Waals surface area contributed by atoms with Gasteiger partial charge in [-0.05, 0) is 29.8 Å². The molecular weight excluding hydrogens is 402 g/mol. The first-order valence-electron chi connectivity index (χ1n) is 9.62. The number of benzene rings is 2. The molecule has 0 aliphatic heterocycles. The standard InChI is InChI=1S/C22H27N3O4S/c1-13(2)30-20-12-17-16(24(3)22(27)25(17)4)11-15(20)23-21(26)10-14-7-8-18(28-5)19(9-14)29-6/h7-9,11-13H,10H2,1-6H3,(H,23,26). The molecule has 30 heavy (non-hydrogen) atoms. The average Bonchev–Trinajstić information content (AvgIpc) is 2.91. The number of anilines is 1. The lowest BCUT2D eigenvalue weighted by Gasteiger charge is -2.14. The van der Waals surface area contributed by atoms with Crippen LogP contribution < -0.4 is 20.5 Å². The molecule has 0 aliphatic carbocycles. The molecule has 3 rings (SSSR count). The third-order valence-corrected chi connectivity index (χ3v) is 5.89. The number of hydrogen-bond acceptors (Lipinski definition) is 5. The number of fused-ring (bicyclic) bond motifs is 1. The van der Waals surface area contributed by atoms with E-state index in [9.17, 15) is 9.59 Å². The van der Waals surface area contributed by atoms with E-state index in [-0.39, 0.29) is 18.0 Å². The van der Waals surface area contributed by atoms with Crippen LogP contribution in [-0.4, -0.2) is 34.5 Å². The van der Waals surface area contributed by atoms with Crippen molar-refractivity contribution in [3.05, 3.63) is 46.4 Å². The average molecular weight is 430 g/mol. The van der Waals surface area contributed by atoms with Gasteiger partial charge in [-0.2, -0.15) is 0 Å². The molecule has 0 saturated carbocycles. The van der Waals surface area contributed by atoms with E-state index >= 15 is 0 Å². The highest BCUT2D eigenvalue weighted by molar-refractivity contribution is 8.00. The maximum Gasteiger partial charge on any atom is 0.328 e. The Kier molecular flexibility index (Phi) is 6.45. The van der Waals surface area contributed by atoms with Crippen LogP contribution in [0.5, 0.6) is 11.5 Å². The molecule has 0 saturated heterocycles. The van der Waals surface area contributed by atoms with Crippen molar-refractivity contribution < 1.29 is 14.3 Å². The summed E-state index contributed by atoms with van der Waals surface area (Å²) < 4.78 is 13.8. The predicted octanol–water partition coefficient (Wildman–Crippen LogP) is 3.58. The van der Waals surface area contributed by atoms with Crippen LogP contribution in [0, 0.1) is 0 Å². The van der Waals surface area contributed by atoms with Crippen molar-refractivity contribution in [1.29, 1.82) is 0 Å². The Balaban J connectivity index is 1.92. The van der Waals surface area contributed by atoms with E-state index in [1.807, 2.05) is 18.2 Å². The molecule has 0 bridgehead atoms. The van der Waals surface area contributed by atoms with Crippen molar-refractivity contribution in [2.75, 3.05) is 19.5 Å². The molecule has 0 unspecified atom stereocenters. The zero-order valence-electron chi connectivity index (χ0n) is 18.1. The molecule has 0 atom stereocenters. The monoisotopic (exact) mass is 429 g/mol. The second kappa shape index (κ2) is 8.87. The minimum Gasteiger partial charge on any atom is -0.493 e. The van der Waals surface area contributed by atoms with E-state index in [0.29, 0.717) is 22.4 Å². The number of nitrogens with one attached hydrogen (secondary N) is 1. The molecule has 1 aromatic heterocycles. The fourth-order valence-corrected chi connectivity index (χ4v) is 4.27. The van der Waals surface area contributed by atoms with E-state index in [0.717, 1.165) is 21.5 Å². The van der Waals surface area contributed by atoms with Crippen LogP contribution in [0.25, 0.3) is 11.0 Å². The highest BCUT2D eigenvalue weighted by Gasteiger charge is 2.16. The molecule has 1 heterocycles. The first kappa shape index (κ1) is 21.8. The van der Waals surface area contributed by atoms with Crippen LogP contribution in [0.15, 0.2) is 40.0 Å². The Morgan fingerprint density at radius 2 is 1.67 bits per heavy atom. The first-order valence-corrected chi connectivity index (χ1v) is 10.5. The zero-order valence-corrected chi connectivity index (χ0v) is 18.9. The van der Waals surface area contributed by atoms with Gasteiger partial charge in [-0.3, -0.25) is 13.9 Å². The van der Waals surface area contributed by atoms with Gasteiger partial charge < -0.3 is 14.8 Å². The number of methoxy groups -OCH3 is 2. The highest BCUT2D eigenvalue weighted by atomic mass is 32.2. The minimum absolute atomic E-state index is 0.0979. The Morgan fingerprint density at radius 1 is 1.03 bits per heavy atom. The summed E-state index contributed by atoms with van der Waals surface area (Å²) in [6.07, 6.45) is 0.192. The van der Waals surface area contributed by atoms with Gasteiger partial charge in [0.1, 0.15) is 0 Å². The quantitative estimate of drug-likeness (QED) is 0.581. The number of rotatable bonds is 7. The highest BCUT2D eigenvalue weighted by Crippen LogP contribution is 2.34. The fourth-order valence-electron chi connectivity index (χ4n) is 3.35. The van der Waals surface area contributed by atoms with E-state index in [4.69, 9.17) is 9.47 Å². The number of thioether (sulfide) groups is 1. The molecule has 0 radical (unpaired) electrons. The molecule has 2 aromatic carbocycles. The van der Waals surface area contributed by atoms with Crippen molar-refractivity contribution in [2.45, 2.75) is 30.4 Å². The summed E-state index contributed by atoms with van der Waals surface area (Å²) in [6.45, 7) is 4.18. The topological polar surface area (TPSA) is 74.5 Å². The van der Waals surface area contributed by atoms with Crippen LogP contribution in [0.2, 0.25) is 0 Å². The molecule has 160 valence electrons. The lowest BCUT2D eigenvalue weighted by Crippen LogP contribution is -2.19. The van der Waals surface area contributed by atoms with Gasteiger partial charge in [0.25, 0.3) is 0 Å². The van der Waals surface area contributed by atoms with Gasteiger partial charge in [0.15, 0.2) is 11.5 Å². The SMILES string of the molecule is COc1ccc(CC(=O)Nc2cc3c(cc2SC(C)C)n(C)c(=O)n3C)cc1OC. The zero-order chi connectivity index (χ0) is 22.0. The number of aryl methyl sites for hydroxylation is 2. The molecule has 1 amide bonds. The summed E-state index contributed by atoms with van der Waals surface area (Å²) in [7, 11) is 6.63. The summed E-state index contributed by atoms with van der Waals surface area (Å²) in [6, 6.07) is 9.26. The molecule has 0 aliphatic rings. The number of ether oxygens (including phenoxy) is 2. The maximum atomic E-state index is 12.8. The number of amides is 1. The largest absolute Gasteiger partial charge is 0.493 e. The number of carbonyl (C=O) groups excluding carboxylic acids is 1. The summed E-state index contributed by atoms with van der Waals surface area (Å²) in [5.41, 5.74) is 3.03. The van der Waals surface area contributed by atoms with E-state index in [1.54, 1.807) is 61.3 Å². The van der Waals surface area contributed by atoms with Crippen molar-refractivity contribution in [3.8, 4) is 11.5 Å². The van der Waals surface area contributed by atoms with E-state index < -0.39 is 0 Å². The number of nitrogens with zero attached hydrogens (tertiary/aromatic N) is 2. The Morgan fingerprint density at radius 3 is 2.27 bits per heavy atom. The van der Waals surface area contributed by atoms with Gasteiger partial charge in [0, 0.05) is 24.2 Å². The van der Waals surface area contributed by atoms with Crippen molar-refractivity contribution in [3.63, 3.8) is 0 Å². The van der Waals surface area contributed by atoms with Crippen molar-refractivity contribution in [2.24, 2.45) is 14.1 Å². The fraction of sp³-hybridized carbons (Fsp3) is 0.364. The lowest BCUT2D eigenvalue weighted by atomic mass is 10.1. The Labute approximate surface area is 180 Å². The second-order valence-corrected chi connectivity index (χ2v) is 8.94. The third-order valence-electron chi connectivity index (χ3n) is 4.82. The predicted molar refractivity (Wildman–Crippen MR) is 121 cm³/mol. The molecule has 1 N–H and O–H groups in total. The molecule has 3 aromatic rings. The normalized spacial score (nSPS) is 11.2. The summed E-state index contributed by atoms with van der Waals surface area (Å²) >= 11 is 1.65. The van der Waals surface area contributed by atoms with Gasteiger partial charge in [-0.25, -0.2) is 4.79 Å².